The monoisotopic (exact) mass is 387 g/mol. The van der Waals surface area contributed by atoms with Gasteiger partial charge in [-0.1, -0.05) is 31.2 Å². The molecule has 6 nitrogen and oxygen atoms in total. The fraction of sp³-hybridized carbons (Fsp3) is 0.200. The van der Waals surface area contributed by atoms with Crippen LogP contribution in [0.3, 0.4) is 0 Å². The molecule has 0 aromatic heterocycles. The van der Waals surface area contributed by atoms with Gasteiger partial charge >= 0.3 is 10.3 Å². The van der Waals surface area contributed by atoms with E-state index < -0.39 is 10.3 Å². The number of benzene rings is 3. The molecule has 3 aromatic rings. The second-order valence-electron chi connectivity index (χ2n) is 5.97. The summed E-state index contributed by atoms with van der Waals surface area (Å²) in [5.74, 6) is 1.25. The van der Waals surface area contributed by atoms with E-state index in [9.17, 15) is 13.5 Å². The van der Waals surface area contributed by atoms with Crippen molar-refractivity contribution >= 4 is 26.8 Å². The maximum Gasteiger partial charge on any atom is 0.359 e. The highest BCUT2D eigenvalue weighted by Crippen LogP contribution is 2.31. The van der Waals surface area contributed by atoms with Crippen molar-refractivity contribution in [3.63, 3.8) is 0 Å². The molecule has 0 fully saturated rings. The van der Waals surface area contributed by atoms with E-state index in [2.05, 4.69) is 4.72 Å². The normalized spacial score (nSPS) is 11.5. The second-order valence-corrected chi connectivity index (χ2v) is 7.32. The van der Waals surface area contributed by atoms with Crippen LogP contribution in [0.2, 0.25) is 0 Å². The van der Waals surface area contributed by atoms with Gasteiger partial charge < -0.3 is 9.84 Å². The summed E-state index contributed by atoms with van der Waals surface area (Å²) in [5.41, 5.74) is 1.23. The molecule has 0 aliphatic heterocycles. The molecule has 0 aliphatic carbocycles. The Bertz CT molecular complexity index is 1020. The van der Waals surface area contributed by atoms with Gasteiger partial charge in [-0.3, -0.25) is 8.91 Å². The zero-order chi connectivity index (χ0) is 19.3. The van der Waals surface area contributed by atoms with E-state index >= 15 is 0 Å². The molecule has 0 saturated carbocycles. The van der Waals surface area contributed by atoms with Crippen molar-refractivity contribution in [3.05, 3.63) is 66.2 Å². The minimum Gasteiger partial charge on any atom is -0.457 e. The highest BCUT2D eigenvalue weighted by Gasteiger charge is 2.10. The van der Waals surface area contributed by atoms with Crippen LogP contribution in [0.25, 0.3) is 10.8 Å². The van der Waals surface area contributed by atoms with Gasteiger partial charge in [-0.05, 0) is 53.8 Å². The largest absolute Gasteiger partial charge is 0.457 e. The Hall–Kier alpha value is -2.61. The Kier molecular flexibility index (Phi) is 5.95. The number of aliphatic hydroxyl groups excluding tert-OH is 1. The number of fused-ring (bicyclic) bond motifs is 1. The average molecular weight is 387 g/mol. The van der Waals surface area contributed by atoms with Crippen molar-refractivity contribution in [2.75, 3.05) is 11.3 Å². The summed E-state index contributed by atoms with van der Waals surface area (Å²) in [6, 6.07) is 17.9. The zero-order valence-electron chi connectivity index (χ0n) is 14.9. The number of hydrogen-bond acceptors (Lipinski definition) is 5. The van der Waals surface area contributed by atoms with Crippen LogP contribution in [0.1, 0.15) is 18.9 Å². The van der Waals surface area contributed by atoms with Gasteiger partial charge in [0.2, 0.25) is 0 Å². The fourth-order valence-electron chi connectivity index (χ4n) is 2.58. The minimum atomic E-state index is -3.82. The standard InChI is InChI=1S/C20H21NO5S/c1-2-12-25-27(23,24)21-17-7-9-18(10-8-17)26-20-5-3-4-16-13-15(14-22)6-11-19(16)20/h3-11,13,21-22H,2,12,14H2,1H3. The Morgan fingerprint density at radius 1 is 1.04 bits per heavy atom. The smallest absolute Gasteiger partial charge is 0.359 e. The third-order valence-electron chi connectivity index (χ3n) is 3.85. The molecule has 0 bridgehead atoms. The predicted molar refractivity (Wildman–Crippen MR) is 105 cm³/mol. The second kappa shape index (κ2) is 8.39. The van der Waals surface area contributed by atoms with Crippen LogP contribution in [0.5, 0.6) is 11.5 Å². The Morgan fingerprint density at radius 2 is 1.81 bits per heavy atom. The molecule has 3 rings (SSSR count). The minimum absolute atomic E-state index is 0.0135. The van der Waals surface area contributed by atoms with Gasteiger partial charge in [-0.15, -0.1) is 0 Å². The Labute approximate surface area is 158 Å². The van der Waals surface area contributed by atoms with Crippen LogP contribution >= 0.6 is 0 Å². The van der Waals surface area contributed by atoms with Crippen molar-refractivity contribution in [2.45, 2.75) is 20.0 Å². The molecular formula is C20H21NO5S. The number of nitrogens with one attached hydrogen (secondary N) is 1. The van der Waals surface area contributed by atoms with E-state index in [0.29, 0.717) is 23.6 Å². The van der Waals surface area contributed by atoms with E-state index in [1.165, 1.54) is 0 Å². The summed E-state index contributed by atoms with van der Waals surface area (Å²) in [4.78, 5) is 0. The molecule has 0 spiro atoms. The summed E-state index contributed by atoms with van der Waals surface area (Å²) < 4.78 is 36.6. The van der Waals surface area contributed by atoms with Gasteiger partial charge in [-0.2, -0.15) is 8.42 Å². The van der Waals surface area contributed by atoms with Crippen LogP contribution < -0.4 is 9.46 Å². The number of anilines is 1. The summed E-state index contributed by atoms with van der Waals surface area (Å²) in [6.07, 6.45) is 0.610. The van der Waals surface area contributed by atoms with Crippen LogP contribution in [0, 0.1) is 0 Å². The highest BCUT2D eigenvalue weighted by atomic mass is 32.2. The molecule has 7 heteroatoms. The van der Waals surface area contributed by atoms with Crippen molar-refractivity contribution in [1.82, 2.24) is 0 Å². The first-order valence-electron chi connectivity index (χ1n) is 8.58. The number of hydrogen-bond donors (Lipinski definition) is 2. The first kappa shape index (κ1) is 19.2. The van der Waals surface area contributed by atoms with Gasteiger partial charge in [0.25, 0.3) is 0 Å². The van der Waals surface area contributed by atoms with Gasteiger partial charge in [0, 0.05) is 5.39 Å². The lowest BCUT2D eigenvalue weighted by molar-refractivity contribution is 0.282. The van der Waals surface area contributed by atoms with Crippen LogP contribution in [0.15, 0.2) is 60.7 Å². The number of rotatable bonds is 8. The van der Waals surface area contributed by atoms with Gasteiger partial charge in [0.05, 0.1) is 18.9 Å². The van der Waals surface area contributed by atoms with Crippen molar-refractivity contribution in [3.8, 4) is 11.5 Å². The zero-order valence-corrected chi connectivity index (χ0v) is 15.7. The molecule has 0 amide bonds. The topological polar surface area (TPSA) is 84.9 Å². The van der Waals surface area contributed by atoms with E-state index in [-0.39, 0.29) is 13.2 Å². The lowest BCUT2D eigenvalue weighted by Crippen LogP contribution is -2.16. The fourth-order valence-corrected chi connectivity index (χ4v) is 3.45. The molecular weight excluding hydrogens is 366 g/mol. The SMILES string of the molecule is CCCOS(=O)(=O)Nc1ccc(Oc2cccc3cc(CO)ccc23)cc1. The van der Waals surface area contributed by atoms with Gasteiger partial charge in [0.1, 0.15) is 11.5 Å². The summed E-state index contributed by atoms with van der Waals surface area (Å²) in [6.45, 7) is 1.95. The molecule has 142 valence electrons. The summed E-state index contributed by atoms with van der Waals surface area (Å²) in [5, 5.41) is 11.2. The van der Waals surface area contributed by atoms with Crippen molar-refractivity contribution in [2.24, 2.45) is 0 Å². The first-order chi connectivity index (χ1) is 13.0. The Morgan fingerprint density at radius 3 is 2.52 bits per heavy atom. The van der Waals surface area contributed by atoms with Crippen LogP contribution in [-0.4, -0.2) is 20.1 Å². The van der Waals surface area contributed by atoms with E-state index in [1.54, 1.807) is 24.3 Å². The summed E-state index contributed by atoms with van der Waals surface area (Å²) in [7, 11) is -3.82. The lowest BCUT2D eigenvalue weighted by atomic mass is 10.1. The number of ether oxygens (including phenoxy) is 1. The maximum absolute atomic E-state index is 11.8. The van der Waals surface area contributed by atoms with E-state index in [4.69, 9.17) is 8.92 Å². The van der Waals surface area contributed by atoms with Crippen molar-refractivity contribution in [1.29, 1.82) is 0 Å². The van der Waals surface area contributed by atoms with Gasteiger partial charge in [0.15, 0.2) is 0 Å². The Balaban J connectivity index is 1.76. The lowest BCUT2D eigenvalue weighted by Gasteiger charge is -2.11. The molecule has 0 unspecified atom stereocenters. The molecule has 0 atom stereocenters. The van der Waals surface area contributed by atoms with E-state index in [1.807, 2.05) is 43.3 Å². The summed E-state index contributed by atoms with van der Waals surface area (Å²) >= 11 is 0. The van der Waals surface area contributed by atoms with Crippen LogP contribution in [0.4, 0.5) is 5.69 Å². The van der Waals surface area contributed by atoms with E-state index in [0.717, 1.165) is 16.3 Å². The third kappa shape index (κ3) is 4.97. The molecule has 3 aromatic carbocycles. The van der Waals surface area contributed by atoms with Gasteiger partial charge in [-0.25, -0.2) is 0 Å². The van der Waals surface area contributed by atoms with Crippen LogP contribution in [-0.2, 0) is 21.1 Å². The predicted octanol–water partition coefficient (Wildman–Crippen LogP) is 4.21. The molecule has 2 N–H and O–H groups in total. The highest BCUT2D eigenvalue weighted by molar-refractivity contribution is 7.88. The third-order valence-corrected chi connectivity index (χ3v) is 4.82. The first-order valence-corrected chi connectivity index (χ1v) is 9.99. The average Bonchev–Trinajstić information content (AvgIpc) is 2.67. The molecule has 0 heterocycles. The number of aliphatic hydroxyl groups is 1. The molecule has 0 aliphatic rings. The molecule has 0 saturated heterocycles. The maximum atomic E-state index is 11.8. The van der Waals surface area contributed by atoms with Crippen molar-refractivity contribution < 1.29 is 22.4 Å². The quantitative estimate of drug-likeness (QED) is 0.605. The molecule has 27 heavy (non-hydrogen) atoms. The molecule has 0 radical (unpaired) electrons.